The van der Waals surface area contributed by atoms with Gasteiger partial charge in [-0.1, -0.05) is 0 Å². The highest BCUT2D eigenvalue weighted by Gasteiger charge is 2.14. The van der Waals surface area contributed by atoms with Crippen LogP contribution in [0.25, 0.3) is 0 Å². The number of hydrogen-bond donors (Lipinski definition) is 2. The Labute approximate surface area is 105 Å². The molecule has 6 nitrogen and oxygen atoms in total. The van der Waals surface area contributed by atoms with Gasteiger partial charge < -0.3 is 24.4 Å². The number of aliphatic hydroxyl groups is 1. The first-order chi connectivity index (χ1) is 8.58. The summed E-state index contributed by atoms with van der Waals surface area (Å²) in [7, 11) is 2.93. The zero-order valence-corrected chi connectivity index (χ0v) is 10.3. The van der Waals surface area contributed by atoms with E-state index in [4.69, 9.17) is 19.3 Å². The Kier molecular flexibility index (Phi) is 5.41. The van der Waals surface area contributed by atoms with Crippen LogP contribution >= 0.6 is 0 Å². The van der Waals surface area contributed by atoms with E-state index in [1.807, 2.05) is 0 Å². The van der Waals surface area contributed by atoms with Crippen molar-refractivity contribution in [1.82, 2.24) is 0 Å². The van der Waals surface area contributed by atoms with E-state index in [1.54, 1.807) is 0 Å². The largest absolute Gasteiger partial charge is 0.497 e. The quantitative estimate of drug-likeness (QED) is 0.749. The number of rotatable bonds is 7. The normalized spacial score (nSPS) is 11.9. The number of aliphatic hydroxyl groups excluding tert-OH is 1. The minimum Gasteiger partial charge on any atom is -0.497 e. The maximum Gasteiger partial charge on any atom is 0.339 e. The number of carbonyl (C=O) groups is 1. The van der Waals surface area contributed by atoms with Gasteiger partial charge in [-0.2, -0.15) is 0 Å². The molecule has 0 amide bonds. The fraction of sp³-hybridized carbons (Fsp3) is 0.417. The minimum absolute atomic E-state index is 0.0143. The summed E-state index contributed by atoms with van der Waals surface area (Å²) in [6.07, 6.45) is -0.817. The average Bonchev–Trinajstić information content (AvgIpc) is 2.36. The molecule has 1 aromatic carbocycles. The van der Waals surface area contributed by atoms with E-state index in [-0.39, 0.29) is 24.5 Å². The lowest BCUT2D eigenvalue weighted by Crippen LogP contribution is -2.23. The SMILES string of the molecule is COCC(O)COc1cc(OC)ccc1C(=O)O. The Morgan fingerprint density at radius 1 is 1.33 bits per heavy atom. The summed E-state index contributed by atoms with van der Waals surface area (Å²) in [5.41, 5.74) is 0.0143. The van der Waals surface area contributed by atoms with Crippen molar-refractivity contribution in [2.75, 3.05) is 27.4 Å². The molecule has 0 aliphatic rings. The van der Waals surface area contributed by atoms with Crippen LogP contribution in [0.3, 0.4) is 0 Å². The molecule has 1 aromatic rings. The zero-order valence-electron chi connectivity index (χ0n) is 10.3. The van der Waals surface area contributed by atoms with Gasteiger partial charge in [-0.25, -0.2) is 4.79 Å². The summed E-state index contributed by atoms with van der Waals surface area (Å²) < 4.78 is 15.0. The highest BCUT2D eigenvalue weighted by Crippen LogP contribution is 2.25. The van der Waals surface area contributed by atoms with E-state index in [9.17, 15) is 9.90 Å². The third-order valence-corrected chi connectivity index (χ3v) is 2.21. The first-order valence-electron chi connectivity index (χ1n) is 5.29. The fourth-order valence-electron chi connectivity index (χ4n) is 1.35. The Morgan fingerprint density at radius 3 is 2.61 bits per heavy atom. The van der Waals surface area contributed by atoms with Crippen molar-refractivity contribution >= 4 is 5.97 Å². The predicted octanol–water partition coefficient (Wildman–Crippen LogP) is 0.780. The summed E-state index contributed by atoms with van der Waals surface area (Å²) in [6.45, 7) is 0.0632. The van der Waals surface area contributed by atoms with Crippen LogP contribution in [-0.4, -0.2) is 49.7 Å². The van der Waals surface area contributed by atoms with Gasteiger partial charge in [-0.3, -0.25) is 0 Å². The molecule has 0 bridgehead atoms. The Balaban J connectivity index is 2.80. The van der Waals surface area contributed by atoms with Gasteiger partial charge in [-0.15, -0.1) is 0 Å². The highest BCUT2D eigenvalue weighted by atomic mass is 16.5. The third-order valence-electron chi connectivity index (χ3n) is 2.21. The minimum atomic E-state index is -1.10. The van der Waals surface area contributed by atoms with Crippen LogP contribution < -0.4 is 9.47 Å². The molecule has 0 saturated carbocycles. The predicted molar refractivity (Wildman–Crippen MR) is 63.3 cm³/mol. The first kappa shape index (κ1) is 14.3. The second-order valence-electron chi connectivity index (χ2n) is 3.59. The van der Waals surface area contributed by atoms with Gasteiger partial charge in [0.25, 0.3) is 0 Å². The maximum atomic E-state index is 11.0. The molecule has 1 unspecified atom stereocenters. The fourth-order valence-corrected chi connectivity index (χ4v) is 1.35. The van der Waals surface area contributed by atoms with Crippen LogP contribution in [0.4, 0.5) is 0 Å². The number of methoxy groups -OCH3 is 2. The number of carboxylic acid groups (broad SMARTS) is 1. The maximum absolute atomic E-state index is 11.0. The lowest BCUT2D eigenvalue weighted by molar-refractivity contribution is 0.0318. The van der Waals surface area contributed by atoms with Crippen LogP contribution in [0.5, 0.6) is 11.5 Å². The lowest BCUT2D eigenvalue weighted by Gasteiger charge is -2.13. The van der Waals surface area contributed by atoms with Gasteiger partial charge in [-0.05, 0) is 12.1 Å². The number of benzene rings is 1. The molecule has 0 fully saturated rings. The Bertz CT molecular complexity index is 404. The lowest BCUT2D eigenvalue weighted by atomic mass is 10.2. The van der Waals surface area contributed by atoms with Gasteiger partial charge in [0.2, 0.25) is 0 Å². The molecule has 0 aromatic heterocycles. The Morgan fingerprint density at radius 2 is 2.06 bits per heavy atom. The molecule has 0 aliphatic heterocycles. The molecule has 18 heavy (non-hydrogen) atoms. The Hall–Kier alpha value is -1.79. The first-order valence-corrected chi connectivity index (χ1v) is 5.29. The summed E-state index contributed by atoms with van der Waals surface area (Å²) in [4.78, 5) is 11.0. The van der Waals surface area contributed by atoms with Crippen LogP contribution in [0.2, 0.25) is 0 Å². The van der Waals surface area contributed by atoms with E-state index in [0.29, 0.717) is 5.75 Å². The van der Waals surface area contributed by atoms with Crippen molar-refractivity contribution in [3.05, 3.63) is 23.8 Å². The molecule has 1 rings (SSSR count). The van der Waals surface area contributed by atoms with Crippen molar-refractivity contribution < 1.29 is 29.2 Å². The summed E-state index contributed by atoms with van der Waals surface area (Å²) in [5.74, 6) is -0.470. The summed E-state index contributed by atoms with van der Waals surface area (Å²) in [5, 5.41) is 18.4. The monoisotopic (exact) mass is 256 g/mol. The number of aromatic carboxylic acids is 1. The van der Waals surface area contributed by atoms with Crippen molar-refractivity contribution in [1.29, 1.82) is 0 Å². The number of hydrogen-bond acceptors (Lipinski definition) is 5. The van der Waals surface area contributed by atoms with Crippen molar-refractivity contribution in [3.63, 3.8) is 0 Å². The smallest absolute Gasteiger partial charge is 0.339 e. The number of carboxylic acids is 1. The molecule has 0 saturated heterocycles. The molecule has 0 spiro atoms. The molecule has 6 heteroatoms. The van der Waals surface area contributed by atoms with Gasteiger partial charge >= 0.3 is 5.97 Å². The van der Waals surface area contributed by atoms with E-state index in [0.717, 1.165) is 0 Å². The molecule has 2 N–H and O–H groups in total. The van der Waals surface area contributed by atoms with Gasteiger partial charge in [0.1, 0.15) is 29.8 Å². The molecular weight excluding hydrogens is 240 g/mol. The van der Waals surface area contributed by atoms with Gasteiger partial charge in [0, 0.05) is 13.2 Å². The second kappa shape index (κ2) is 6.83. The van der Waals surface area contributed by atoms with Crippen molar-refractivity contribution in [2.45, 2.75) is 6.10 Å². The highest BCUT2D eigenvalue weighted by molar-refractivity contribution is 5.91. The summed E-state index contributed by atoms with van der Waals surface area (Å²) in [6, 6.07) is 4.38. The molecule has 0 radical (unpaired) electrons. The molecule has 1 atom stereocenters. The van der Waals surface area contributed by atoms with Gasteiger partial charge in [0.05, 0.1) is 13.7 Å². The van der Waals surface area contributed by atoms with Crippen molar-refractivity contribution in [2.24, 2.45) is 0 Å². The van der Waals surface area contributed by atoms with E-state index < -0.39 is 12.1 Å². The molecule has 0 aliphatic carbocycles. The average molecular weight is 256 g/mol. The third kappa shape index (κ3) is 3.90. The van der Waals surface area contributed by atoms with E-state index in [1.165, 1.54) is 32.4 Å². The van der Waals surface area contributed by atoms with Crippen LogP contribution in [-0.2, 0) is 4.74 Å². The molecule has 100 valence electrons. The van der Waals surface area contributed by atoms with E-state index >= 15 is 0 Å². The molecular formula is C12H16O6. The topological polar surface area (TPSA) is 85.2 Å². The van der Waals surface area contributed by atoms with E-state index in [2.05, 4.69) is 0 Å². The van der Waals surface area contributed by atoms with Crippen LogP contribution in [0, 0.1) is 0 Å². The van der Waals surface area contributed by atoms with Crippen LogP contribution in [0.1, 0.15) is 10.4 Å². The zero-order chi connectivity index (χ0) is 13.5. The van der Waals surface area contributed by atoms with Gasteiger partial charge in [0.15, 0.2) is 0 Å². The van der Waals surface area contributed by atoms with Crippen LogP contribution in [0.15, 0.2) is 18.2 Å². The number of ether oxygens (including phenoxy) is 3. The van der Waals surface area contributed by atoms with Crippen molar-refractivity contribution in [3.8, 4) is 11.5 Å². The summed E-state index contributed by atoms with van der Waals surface area (Å²) >= 11 is 0. The standard InChI is InChI=1S/C12H16O6/c1-16-6-8(13)7-18-11-5-9(17-2)3-4-10(11)12(14)15/h3-5,8,13H,6-7H2,1-2H3,(H,14,15). The second-order valence-corrected chi connectivity index (χ2v) is 3.59. The molecule has 0 heterocycles.